The van der Waals surface area contributed by atoms with E-state index in [1.54, 1.807) is 0 Å². The van der Waals surface area contributed by atoms with Gasteiger partial charge in [0.25, 0.3) is 0 Å². The van der Waals surface area contributed by atoms with Gasteiger partial charge in [0.2, 0.25) is 0 Å². The highest BCUT2D eigenvalue weighted by molar-refractivity contribution is 5.16. The van der Waals surface area contributed by atoms with Gasteiger partial charge in [0, 0.05) is 0 Å². The summed E-state index contributed by atoms with van der Waals surface area (Å²) in [6.45, 7) is -0.936. The standard InChI is InChI=1S/C8H8F4N2/c9-4-5(13)6-2-1-3-7(14-6)8(10,11)12/h1-3,5H,4,13H2/t5-/m1/s1. The van der Waals surface area contributed by atoms with Crippen molar-refractivity contribution in [1.82, 2.24) is 4.98 Å². The van der Waals surface area contributed by atoms with Crippen LogP contribution in [0.5, 0.6) is 0 Å². The Morgan fingerprint density at radius 3 is 2.50 bits per heavy atom. The summed E-state index contributed by atoms with van der Waals surface area (Å²) in [6, 6.07) is 2.13. The molecule has 0 aliphatic carbocycles. The Kier molecular flexibility index (Phi) is 3.05. The summed E-state index contributed by atoms with van der Waals surface area (Å²) in [6.07, 6.45) is -4.52. The number of hydrogen-bond acceptors (Lipinski definition) is 2. The molecule has 1 rings (SSSR count). The van der Waals surface area contributed by atoms with Gasteiger partial charge in [-0.05, 0) is 12.1 Å². The van der Waals surface area contributed by atoms with Crippen molar-refractivity contribution in [1.29, 1.82) is 0 Å². The van der Waals surface area contributed by atoms with Crippen molar-refractivity contribution in [2.75, 3.05) is 6.67 Å². The van der Waals surface area contributed by atoms with E-state index in [1.165, 1.54) is 6.07 Å². The fraction of sp³-hybridized carbons (Fsp3) is 0.375. The highest BCUT2D eigenvalue weighted by Crippen LogP contribution is 2.27. The molecular formula is C8H8F4N2. The molecule has 0 aliphatic rings. The van der Waals surface area contributed by atoms with Gasteiger partial charge < -0.3 is 5.73 Å². The number of halogens is 4. The Balaban J connectivity index is 3.01. The maximum atomic E-state index is 12.1. The number of hydrogen-bond donors (Lipinski definition) is 1. The van der Waals surface area contributed by atoms with Crippen LogP contribution in [0.3, 0.4) is 0 Å². The van der Waals surface area contributed by atoms with Crippen LogP contribution in [0.4, 0.5) is 17.6 Å². The van der Waals surface area contributed by atoms with Crippen LogP contribution in [0.15, 0.2) is 18.2 Å². The van der Waals surface area contributed by atoms with E-state index in [9.17, 15) is 17.6 Å². The third kappa shape index (κ3) is 2.41. The first-order valence-corrected chi connectivity index (χ1v) is 3.81. The van der Waals surface area contributed by atoms with Gasteiger partial charge in [0.1, 0.15) is 12.4 Å². The summed E-state index contributed by atoms with van der Waals surface area (Å²) in [5.74, 6) is 0. The van der Waals surface area contributed by atoms with Crippen LogP contribution < -0.4 is 5.73 Å². The highest BCUT2D eigenvalue weighted by Gasteiger charge is 2.32. The average molecular weight is 208 g/mol. The van der Waals surface area contributed by atoms with Crippen LogP contribution in [0.1, 0.15) is 17.4 Å². The Bertz CT molecular complexity index is 310. The minimum absolute atomic E-state index is 0.0951. The van der Waals surface area contributed by atoms with E-state index in [2.05, 4.69) is 4.98 Å². The normalized spacial score (nSPS) is 14.1. The van der Waals surface area contributed by atoms with Crippen LogP contribution in [0.2, 0.25) is 0 Å². The Labute approximate surface area is 77.7 Å². The molecule has 0 unspecified atom stereocenters. The van der Waals surface area contributed by atoms with Crippen molar-refractivity contribution < 1.29 is 17.6 Å². The predicted molar refractivity (Wildman–Crippen MR) is 42.1 cm³/mol. The van der Waals surface area contributed by atoms with Crippen LogP contribution in [-0.2, 0) is 6.18 Å². The molecule has 0 bridgehead atoms. The minimum atomic E-state index is -4.52. The second-order valence-electron chi connectivity index (χ2n) is 2.71. The molecule has 0 spiro atoms. The maximum Gasteiger partial charge on any atom is 0.433 e. The van der Waals surface area contributed by atoms with E-state index in [4.69, 9.17) is 5.73 Å². The molecule has 1 atom stereocenters. The lowest BCUT2D eigenvalue weighted by atomic mass is 10.2. The number of nitrogens with zero attached hydrogens (tertiary/aromatic N) is 1. The van der Waals surface area contributed by atoms with Crippen molar-refractivity contribution in [3.63, 3.8) is 0 Å². The molecule has 2 nitrogen and oxygen atoms in total. The largest absolute Gasteiger partial charge is 0.433 e. The minimum Gasteiger partial charge on any atom is -0.321 e. The average Bonchev–Trinajstić information content (AvgIpc) is 2.15. The van der Waals surface area contributed by atoms with Gasteiger partial charge in [-0.2, -0.15) is 13.2 Å². The Morgan fingerprint density at radius 1 is 1.36 bits per heavy atom. The molecule has 0 amide bonds. The van der Waals surface area contributed by atoms with Gasteiger partial charge in [-0.1, -0.05) is 6.07 Å². The quantitative estimate of drug-likeness (QED) is 0.755. The molecule has 2 N–H and O–H groups in total. The zero-order chi connectivity index (χ0) is 10.8. The number of alkyl halides is 4. The lowest BCUT2D eigenvalue weighted by molar-refractivity contribution is -0.141. The third-order valence-corrected chi connectivity index (χ3v) is 1.61. The number of aromatic nitrogens is 1. The fourth-order valence-electron chi connectivity index (χ4n) is 0.895. The Morgan fingerprint density at radius 2 is 2.00 bits per heavy atom. The van der Waals surface area contributed by atoms with Crippen LogP contribution in [-0.4, -0.2) is 11.7 Å². The predicted octanol–water partition coefficient (Wildman–Crippen LogP) is 2.07. The zero-order valence-electron chi connectivity index (χ0n) is 7.05. The monoisotopic (exact) mass is 208 g/mol. The first kappa shape index (κ1) is 10.9. The first-order valence-electron chi connectivity index (χ1n) is 3.81. The molecule has 0 aliphatic heterocycles. The van der Waals surface area contributed by atoms with Crippen molar-refractivity contribution in [3.05, 3.63) is 29.6 Å². The smallest absolute Gasteiger partial charge is 0.321 e. The van der Waals surface area contributed by atoms with E-state index in [0.29, 0.717) is 0 Å². The molecule has 0 fully saturated rings. The van der Waals surface area contributed by atoms with Crippen LogP contribution >= 0.6 is 0 Å². The summed E-state index contributed by atoms with van der Waals surface area (Å²) in [5, 5.41) is 0. The lowest BCUT2D eigenvalue weighted by Crippen LogP contribution is -2.17. The van der Waals surface area contributed by atoms with E-state index in [1.807, 2.05) is 0 Å². The number of pyridine rings is 1. The van der Waals surface area contributed by atoms with Gasteiger partial charge in [0.05, 0.1) is 11.7 Å². The van der Waals surface area contributed by atoms with Gasteiger partial charge in [-0.25, -0.2) is 9.37 Å². The van der Waals surface area contributed by atoms with Gasteiger partial charge in [0.15, 0.2) is 0 Å². The van der Waals surface area contributed by atoms with E-state index in [0.717, 1.165) is 12.1 Å². The van der Waals surface area contributed by atoms with Gasteiger partial charge in [-0.15, -0.1) is 0 Å². The third-order valence-electron chi connectivity index (χ3n) is 1.61. The van der Waals surface area contributed by atoms with E-state index >= 15 is 0 Å². The Hall–Kier alpha value is -1.17. The summed E-state index contributed by atoms with van der Waals surface area (Å²) in [5.41, 5.74) is 4.05. The molecule has 78 valence electrons. The summed E-state index contributed by atoms with van der Waals surface area (Å²) in [7, 11) is 0. The lowest BCUT2D eigenvalue weighted by Gasteiger charge is -2.10. The van der Waals surface area contributed by atoms with Crippen LogP contribution in [0.25, 0.3) is 0 Å². The SMILES string of the molecule is N[C@H](CF)c1cccc(C(F)(F)F)n1. The van der Waals surface area contributed by atoms with Crippen molar-refractivity contribution in [2.45, 2.75) is 12.2 Å². The molecule has 0 radical (unpaired) electrons. The van der Waals surface area contributed by atoms with Crippen molar-refractivity contribution in [3.8, 4) is 0 Å². The van der Waals surface area contributed by atoms with Crippen LogP contribution in [0, 0.1) is 0 Å². The summed E-state index contributed by atoms with van der Waals surface area (Å²) >= 11 is 0. The summed E-state index contributed by atoms with van der Waals surface area (Å²) in [4.78, 5) is 3.22. The highest BCUT2D eigenvalue weighted by atomic mass is 19.4. The summed E-state index contributed by atoms with van der Waals surface area (Å²) < 4.78 is 48.5. The molecule has 14 heavy (non-hydrogen) atoms. The molecule has 0 aromatic carbocycles. The van der Waals surface area contributed by atoms with Gasteiger partial charge in [-0.3, -0.25) is 0 Å². The topological polar surface area (TPSA) is 38.9 Å². The molecule has 0 saturated carbocycles. The molecule has 1 heterocycles. The van der Waals surface area contributed by atoms with Crippen molar-refractivity contribution in [2.24, 2.45) is 5.73 Å². The fourth-order valence-corrected chi connectivity index (χ4v) is 0.895. The van der Waals surface area contributed by atoms with E-state index < -0.39 is 24.6 Å². The maximum absolute atomic E-state index is 12.1. The molecule has 1 aromatic rings. The van der Waals surface area contributed by atoms with Gasteiger partial charge >= 0.3 is 6.18 Å². The number of rotatable bonds is 2. The zero-order valence-corrected chi connectivity index (χ0v) is 7.05. The van der Waals surface area contributed by atoms with E-state index in [-0.39, 0.29) is 5.69 Å². The number of nitrogens with two attached hydrogens (primary N) is 1. The van der Waals surface area contributed by atoms with Crippen molar-refractivity contribution >= 4 is 0 Å². The second-order valence-corrected chi connectivity index (χ2v) is 2.71. The first-order chi connectivity index (χ1) is 6.45. The second kappa shape index (κ2) is 3.91. The molecule has 0 saturated heterocycles. The molecule has 6 heteroatoms. The molecule has 1 aromatic heterocycles. The molecular weight excluding hydrogens is 200 g/mol.